The van der Waals surface area contributed by atoms with E-state index in [9.17, 15) is 14.9 Å². The number of amides is 2. The molecule has 3 aromatic carbocycles. The number of carbonyl (C=O) groups is 2. The molecule has 0 aliphatic carbocycles. The molecule has 0 bridgehead atoms. The summed E-state index contributed by atoms with van der Waals surface area (Å²) in [6.45, 7) is 3.87. The number of hydrogen-bond donors (Lipinski definition) is 2. The average Bonchev–Trinajstić information content (AvgIpc) is 2.88. The molecule has 3 aromatic rings. The van der Waals surface area contributed by atoms with Crippen molar-refractivity contribution in [2.75, 3.05) is 31.0 Å². The van der Waals surface area contributed by atoms with Gasteiger partial charge in [0.15, 0.2) is 18.1 Å². The fourth-order valence-electron chi connectivity index (χ4n) is 3.23. The number of nitriles is 1. The molecule has 2 N–H and O–H groups in total. The van der Waals surface area contributed by atoms with E-state index in [4.69, 9.17) is 14.2 Å². The molecule has 0 unspecified atom stereocenters. The Balaban J connectivity index is 1.71. The Kier molecular flexibility index (Phi) is 9.06. The van der Waals surface area contributed by atoms with Crippen LogP contribution in [0.4, 0.5) is 11.4 Å². The van der Waals surface area contributed by atoms with Gasteiger partial charge in [-0.2, -0.15) is 5.26 Å². The molecule has 0 saturated carbocycles. The van der Waals surface area contributed by atoms with Gasteiger partial charge in [-0.25, -0.2) is 0 Å². The first-order valence-electron chi connectivity index (χ1n) is 11.3. The van der Waals surface area contributed by atoms with E-state index < -0.39 is 5.91 Å². The number of nitrogens with one attached hydrogen (secondary N) is 2. The third-order valence-corrected chi connectivity index (χ3v) is 4.99. The van der Waals surface area contributed by atoms with Crippen LogP contribution in [0, 0.1) is 18.3 Å². The summed E-state index contributed by atoms with van der Waals surface area (Å²) in [6.07, 6.45) is 1.46. The van der Waals surface area contributed by atoms with Gasteiger partial charge in [0.05, 0.1) is 19.4 Å². The maximum absolute atomic E-state index is 12.6. The smallest absolute Gasteiger partial charge is 0.266 e. The van der Waals surface area contributed by atoms with E-state index in [0.29, 0.717) is 40.8 Å². The number of rotatable bonds is 10. The highest BCUT2D eigenvalue weighted by Gasteiger charge is 2.13. The number of nitrogens with zero attached hydrogens (tertiary/aromatic N) is 1. The summed E-state index contributed by atoms with van der Waals surface area (Å²) in [5.41, 5.74) is 2.69. The van der Waals surface area contributed by atoms with Crippen molar-refractivity contribution in [3.63, 3.8) is 0 Å². The first-order chi connectivity index (χ1) is 17.4. The lowest BCUT2D eigenvalue weighted by atomic mass is 10.1. The molecule has 8 heteroatoms. The van der Waals surface area contributed by atoms with Gasteiger partial charge in [0.2, 0.25) is 0 Å². The minimum Gasteiger partial charge on any atom is -0.495 e. The molecule has 0 spiro atoms. The highest BCUT2D eigenvalue weighted by atomic mass is 16.5. The molecular weight excluding hydrogens is 458 g/mol. The van der Waals surface area contributed by atoms with Crippen LogP contribution in [0.3, 0.4) is 0 Å². The molecule has 0 radical (unpaired) electrons. The number of aryl methyl sites for hydroxylation is 1. The van der Waals surface area contributed by atoms with Crippen LogP contribution in [0.15, 0.2) is 72.3 Å². The third-order valence-electron chi connectivity index (χ3n) is 4.99. The minimum atomic E-state index is -0.521. The van der Waals surface area contributed by atoms with Gasteiger partial charge in [0.1, 0.15) is 17.4 Å². The Morgan fingerprint density at radius 1 is 0.944 bits per heavy atom. The summed E-state index contributed by atoms with van der Waals surface area (Å²) < 4.78 is 16.6. The van der Waals surface area contributed by atoms with Crippen molar-refractivity contribution in [3.05, 3.63) is 83.4 Å². The van der Waals surface area contributed by atoms with Crippen molar-refractivity contribution < 1.29 is 23.8 Å². The van der Waals surface area contributed by atoms with Crippen molar-refractivity contribution in [2.24, 2.45) is 0 Å². The maximum Gasteiger partial charge on any atom is 0.266 e. The number of anilines is 2. The Morgan fingerprint density at radius 3 is 2.39 bits per heavy atom. The lowest BCUT2D eigenvalue weighted by Crippen LogP contribution is -2.20. The molecular formula is C28H27N3O5. The van der Waals surface area contributed by atoms with E-state index in [1.165, 1.54) is 13.2 Å². The number of hydrogen-bond acceptors (Lipinski definition) is 6. The van der Waals surface area contributed by atoms with Gasteiger partial charge >= 0.3 is 0 Å². The predicted molar refractivity (Wildman–Crippen MR) is 138 cm³/mol. The second-order valence-electron chi connectivity index (χ2n) is 7.67. The van der Waals surface area contributed by atoms with Crippen LogP contribution >= 0.6 is 0 Å². The molecule has 0 aromatic heterocycles. The largest absolute Gasteiger partial charge is 0.495 e. The topological polar surface area (TPSA) is 110 Å². The minimum absolute atomic E-state index is 0.0668. The fraction of sp³-hybridized carbons (Fsp3) is 0.179. The number of para-hydroxylation sites is 2. The summed E-state index contributed by atoms with van der Waals surface area (Å²) in [7, 11) is 1.52. The normalized spacial score (nSPS) is 10.7. The quantitative estimate of drug-likeness (QED) is 0.310. The Morgan fingerprint density at radius 2 is 1.69 bits per heavy atom. The zero-order chi connectivity index (χ0) is 25.9. The van der Waals surface area contributed by atoms with E-state index >= 15 is 0 Å². The summed E-state index contributed by atoms with van der Waals surface area (Å²) in [6, 6.07) is 21.2. The van der Waals surface area contributed by atoms with E-state index in [2.05, 4.69) is 10.6 Å². The summed E-state index contributed by atoms with van der Waals surface area (Å²) in [5, 5.41) is 15.0. The van der Waals surface area contributed by atoms with Crippen LogP contribution in [0.2, 0.25) is 0 Å². The van der Waals surface area contributed by atoms with Crippen molar-refractivity contribution in [3.8, 4) is 23.3 Å². The molecule has 2 amide bonds. The molecule has 0 aliphatic heterocycles. The monoisotopic (exact) mass is 485 g/mol. The average molecular weight is 486 g/mol. The van der Waals surface area contributed by atoms with Crippen molar-refractivity contribution in [1.29, 1.82) is 5.26 Å². The van der Waals surface area contributed by atoms with Crippen LogP contribution < -0.4 is 24.8 Å². The van der Waals surface area contributed by atoms with Crippen LogP contribution in [0.25, 0.3) is 6.08 Å². The zero-order valence-corrected chi connectivity index (χ0v) is 20.3. The molecule has 0 fully saturated rings. The van der Waals surface area contributed by atoms with E-state index in [-0.39, 0.29) is 18.1 Å². The van der Waals surface area contributed by atoms with Gasteiger partial charge in [-0.1, -0.05) is 35.9 Å². The molecule has 3 rings (SSSR count). The van der Waals surface area contributed by atoms with Crippen LogP contribution in [-0.4, -0.2) is 32.1 Å². The number of methoxy groups -OCH3 is 1. The van der Waals surface area contributed by atoms with E-state index in [1.54, 1.807) is 54.6 Å². The Hall–Kier alpha value is -4.77. The van der Waals surface area contributed by atoms with Gasteiger partial charge in [0.25, 0.3) is 11.8 Å². The van der Waals surface area contributed by atoms with Gasteiger partial charge in [0, 0.05) is 5.69 Å². The summed E-state index contributed by atoms with van der Waals surface area (Å²) in [5.74, 6) is 0.384. The molecule has 0 aliphatic rings. The van der Waals surface area contributed by atoms with Crippen molar-refractivity contribution in [2.45, 2.75) is 13.8 Å². The Labute approximate surface area is 210 Å². The molecule has 36 heavy (non-hydrogen) atoms. The first kappa shape index (κ1) is 25.8. The predicted octanol–water partition coefficient (Wildman–Crippen LogP) is 4.97. The number of ether oxygens (including phenoxy) is 3. The van der Waals surface area contributed by atoms with E-state index in [1.807, 2.05) is 32.0 Å². The number of carbonyl (C=O) groups excluding carboxylic acids is 2. The van der Waals surface area contributed by atoms with Gasteiger partial charge < -0.3 is 24.8 Å². The maximum atomic E-state index is 12.6. The third kappa shape index (κ3) is 7.11. The van der Waals surface area contributed by atoms with E-state index in [0.717, 1.165) is 5.56 Å². The molecule has 184 valence electrons. The second kappa shape index (κ2) is 12.6. The summed E-state index contributed by atoms with van der Waals surface area (Å²) >= 11 is 0. The van der Waals surface area contributed by atoms with Gasteiger partial charge in [-0.05, 0) is 61.9 Å². The van der Waals surface area contributed by atoms with Crippen molar-refractivity contribution >= 4 is 29.3 Å². The lowest BCUT2D eigenvalue weighted by Gasteiger charge is -2.14. The molecule has 0 heterocycles. The first-order valence-corrected chi connectivity index (χ1v) is 11.3. The van der Waals surface area contributed by atoms with Crippen LogP contribution in [-0.2, 0) is 9.59 Å². The van der Waals surface area contributed by atoms with Crippen LogP contribution in [0.5, 0.6) is 17.2 Å². The standard InChI is InChI=1S/C28H27N3O5/c1-4-35-26-16-20(15-21(17-29)28(33)30-22-12-9-19(2)10-13-22)11-14-25(26)36-18-27(32)31-23-7-5-6-8-24(23)34-3/h5-16H,4,18H2,1-3H3,(H,30,33)(H,31,32). The summed E-state index contributed by atoms with van der Waals surface area (Å²) in [4.78, 5) is 25.0. The SMILES string of the molecule is CCOc1cc(C=C(C#N)C(=O)Nc2ccc(C)cc2)ccc1OCC(=O)Nc1ccccc1OC. The Bertz CT molecular complexity index is 1290. The van der Waals surface area contributed by atoms with Gasteiger partial charge in [-0.3, -0.25) is 9.59 Å². The molecule has 8 nitrogen and oxygen atoms in total. The fourth-order valence-corrected chi connectivity index (χ4v) is 3.23. The zero-order valence-electron chi connectivity index (χ0n) is 20.3. The number of benzene rings is 3. The highest BCUT2D eigenvalue weighted by molar-refractivity contribution is 6.09. The highest BCUT2D eigenvalue weighted by Crippen LogP contribution is 2.30. The lowest BCUT2D eigenvalue weighted by molar-refractivity contribution is -0.118. The van der Waals surface area contributed by atoms with Crippen LogP contribution in [0.1, 0.15) is 18.1 Å². The molecule has 0 atom stereocenters. The van der Waals surface area contributed by atoms with Crippen molar-refractivity contribution in [1.82, 2.24) is 0 Å². The molecule has 0 saturated heterocycles. The van der Waals surface area contributed by atoms with Gasteiger partial charge in [-0.15, -0.1) is 0 Å². The second-order valence-corrected chi connectivity index (χ2v) is 7.67.